The van der Waals surface area contributed by atoms with Crippen molar-refractivity contribution in [1.82, 2.24) is 0 Å². The summed E-state index contributed by atoms with van der Waals surface area (Å²) in [5.41, 5.74) is 3.01. The van der Waals surface area contributed by atoms with Crippen molar-refractivity contribution >= 4 is 11.9 Å². The van der Waals surface area contributed by atoms with Crippen molar-refractivity contribution < 1.29 is 24.5 Å². The molecule has 1 aromatic heterocycles. The number of carboxylic acid groups (broad SMARTS) is 2. The van der Waals surface area contributed by atoms with Crippen molar-refractivity contribution in [3.05, 3.63) is 83.3 Å². The van der Waals surface area contributed by atoms with Gasteiger partial charge in [0, 0.05) is 11.1 Å². The first kappa shape index (κ1) is 16.2. The first-order chi connectivity index (χ1) is 11.9. The number of hydrogen-bond donors (Lipinski definition) is 2. The number of benzene rings is 2. The van der Waals surface area contributed by atoms with Gasteiger partial charge in [-0.05, 0) is 41.5 Å². The topological polar surface area (TPSA) is 102 Å². The summed E-state index contributed by atoms with van der Waals surface area (Å²) in [4.78, 5) is 21.8. The Hall–Kier alpha value is -3.67. The lowest BCUT2D eigenvalue weighted by Crippen LogP contribution is -2.25. The number of nitrogens with zero attached hydrogens (tertiary/aromatic N) is 1. The number of aromatic carboxylic acids is 2. The fraction of sp³-hybridized carbons (Fsp3) is 0. The van der Waals surface area contributed by atoms with Gasteiger partial charge in [0.15, 0.2) is 12.4 Å². The molecule has 0 amide bonds. The second-order valence-electron chi connectivity index (χ2n) is 5.44. The molecule has 124 valence electrons. The minimum atomic E-state index is -1.02. The van der Waals surface area contributed by atoms with Crippen molar-refractivity contribution in [2.45, 2.75) is 0 Å². The molecule has 0 unspecified atom stereocenters. The molecule has 0 fully saturated rings. The largest absolute Gasteiger partial charge is 0.619 e. The number of rotatable bonds is 4. The van der Waals surface area contributed by atoms with E-state index in [4.69, 9.17) is 10.2 Å². The van der Waals surface area contributed by atoms with Gasteiger partial charge in [0.05, 0.1) is 11.1 Å². The molecule has 6 nitrogen and oxygen atoms in total. The third-order valence-corrected chi connectivity index (χ3v) is 3.77. The normalized spacial score (nSPS) is 10.4. The second kappa shape index (κ2) is 6.45. The van der Waals surface area contributed by atoms with Crippen LogP contribution in [0.1, 0.15) is 20.7 Å². The van der Waals surface area contributed by atoms with Crippen LogP contribution in [0.15, 0.2) is 67.0 Å². The van der Waals surface area contributed by atoms with Crippen LogP contribution in [0.5, 0.6) is 0 Å². The van der Waals surface area contributed by atoms with E-state index < -0.39 is 11.9 Å². The molecule has 0 aliphatic rings. The van der Waals surface area contributed by atoms with Crippen LogP contribution in [0.2, 0.25) is 0 Å². The quantitative estimate of drug-likeness (QED) is 0.563. The molecule has 1 heterocycles. The highest BCUT2D eigenvalue weighted by Crippen LogP contribution is 2.25. The van der Waals surface area contributed by atoms with Crippen molar-refractivity contribution in [2.24, 2.45) is 0 Å². The molecule has 2 aromatic carbocycles. The zero-order chi connectivity index (χ0) is 18.0. The maximum atomic E-state index is 11.9. The van der Waals surface area contributed by atoms with E-state index in [1.807, 2.05) is 0 Å². The Morgan fingerprint density at radius 2 is 1.04 bits per heavy atom. The van der Waals surface area contributed by atoms with Crippen LogP contribution in [0.4, 0.5) is 0 Å². The Morgan fingerprint density at radius 1 is 0.680 bits per heavy atom. The van der Waals surface area contributed by atoms with E-state index in [1.54, 1.807) is 30.3 Å². The number of pyridine rings is 1. The molecule has 0 aliphatic heterocycles. The molecular formula is C19H13NO5. The minimum absolute atomic E-state index is 0.166. The first-order valence-electron chi connectivity index (χ1n) is 7.35. The molecule has 0 saturated carbocycles. The lowest BCUT2D eigenvalue weighted by molar-refractivity contribution is -0.604. The summed E-state index contributed by atoms with van der Waals surface area (Å²) in [5.74, 6) is -2.03. The highest BCUT2D eigenvalue weighted by Gasteiger charge is 2.10. The fourth-order valence-corrected chi connectivity index (χ4v) is 2.48. The summed E-state index contributed by atoms with van der Waals surface area (Å²) in [6.07, 6.45) is 2.79. The monoisotopic (exact) mass is 335 g/mol. The molecule has 0 bridgehead atoms. The molecule has 0 saturated heterocycles. The van der Waals surface area contributed by atoms with Gasteiger partial charge in [0.25, 0.3) is 0 Å². The summed E-state index contributed by atoms with van der Waals surface area (Å²) in [5, 5.41) is 29.8. The van der Waals surface area contributed by atoms with Crippen LogP contribution < -0.4 is 4.73 Å². The SMILES string of the molecule is O=C(O)c1ccc(-c2cc(-c3ccc(C(=O)O)cc3)c[n+]([O-])c2)cc1. The fourth-order valence-electron chi connectivity index (χ4n) is 2.48. The molecule has 0 aliphatic carbocycles. The smallest absolute Gasteiger partial charge is 0.335 e. The number of carbonyl (C=O) groups is 2. The number of hydrogen-bond acceptors (Lipinski definition) is 3. The molecule has 0 spiro atoms. The van der Waals surface area contributed by atoms with Gasteiger partial charge in [-0.2, -0.15) is 4.73 Å². The maximum Gasteiger partial charge on any atom is 0.335 e. The van der Waals surface area contributed by atoms with Crippen LogP contribution in [0.3, 0.4) is 0 Å². The van der Waals surface area contributed by atoms with Crippen molar-refractivity contribution in [3.8, 4) is 22.3 Å². The van der Waals surface area contributed by atoms with Gasteiger partial charge in [-0.3, -0.25) is 0 Å². The predicted molar refractivity (Wildman–Crippen MR) is 90.2 cm³/mol. The highest BCUT2D eigenvalue weighted by atomic mass is 16.5. The van der Waals surface area contributed by atoms with Crippen molar-refractivity contribution in [2.75, 3.05) is 0 Å². The lowest BCUT2D eigenvalue weighted by atomic mass is 10.0. The van der Waals surface area contributed by atoms with Gasteiger partial charge in [0.2, 0.25) is 0 Å². The van der Waals surface area contributed by atoms with Crippen LogP contribution in [0, 0.1) is 5.21 Å². The summed E-state index contributed by atoms with van der Waals surface area (Å²) >= 11 is 0. The van der Waals surface area contributed by atoms with Crippen LogP contribution >= 0.6 is 0 Å². The molecule has 0 radical (unpaired) electrons. The maximum absolute atomic E-state index is 11.9. The molecule has 6 heteroatoms. The Kier molecular flexibility index (Phi) is 4.18. The molecule has 2 N–H and O–H groups in total. The van der Waals surface area contributed by atoms with E-state index in [0.29, 0.717) is 27.0 Å². The second-order valence-corrected chi connectivity index (χ2v) is 5.44. The van der Waals surface area contributed by atoms with Gasteiger partial charge in [-0.15, -0.1) is 0 Å². The third kappa shape index (κ3) is 3.48. The Balaban J connectivity index is 2.00. The standard InChI is InChI=1S/C19H13NO5/c21-18(22)14-5-1-12(2-6-14)16-9-17(11-20(25)10-16)13-3-7-15(8-4-13)19(23)24/h1-11H,(H,21,22)(H,23,24). The molecule has 25 heavy (non-hydrogen) atoms. The number of aromatic nitrogens is 1. The Bertz CT molecular complexity index is 871. The van der Waals surface area contributed by atoms with Gasteiger partial charge < -0.3 is 15.4 Å². The van der Waals surface area contributed by atoms with Gasteiger partial charge >= 0.3 is 11.9 Å². The molecule has 3 rings (SSSR count). The average molecular weight is 335 g/mol. The zero-order valence-electron chi connectivity index (χ0n) is 12.9. The summed E-state index contributed by atoms with van der Waals surface area (Å²) in [6.45, 7) is 0. The first-order valence-corrected chi connectivity index (χ1v) is 7.35. The highest BCUT2D eigenvalue weighted by molar-refractivity contribution is 5.89. The predicted octanol–water partition coefficient (Wildman–Crippen LogP) is 3.05. The Labute approximate surface area is 142 Å². The molecular weight excluding hydrogens is 322 g/mol. The van der Waals surface area contributed by atoms with Gasteiger partial charge in [0.1, 0.15) is 0 Å². The van der Waals surface area contributed by atoms with E-state index in [-0.39, 0.29) is 11.1 Å². The van der Waals surface area contributed by atoms with Gasteiger partial charge in [-0.25, -0.2) is 9.59 Å². The van der Waals surface area contributed by atoms with Gasteiger partial charge in [-0.1, -0.05) is 24.3 Å². The Morgan fingerprint density at radius 3 is 1.36 bits per heavy atom. The summed E-state index contributed by atoms with van der Waals surface area (Å²) in [6, 6.07) is 14.2. The van der Waals surface area contributed by atoms with E-state index in [0.717, 1.165) is 0 Å². The van der Waals surface area contributed by atoms with Crippen molar-refractivity contribution in [3.63, 3.8) is 0 Å². The van der Waals surface area contributed by atoms with Crippen molar-refractivity contribution in [1.29, 1.82) is 0 Å². The van der Waals surface area contributed by atoms with E-state index in [9.17, 15) is 14.8 Å². The minimum Gasteiger partial charge on any atom is -0.619 e. The molecule has 0 atom stereocenters. The summed E-state index contributed by atoms with van der Waals surface area (Å²) < 4.78 is 0.668. The lowest BCUT2D eigenvalue weighted by Gasteiger charge is -2.07. The molecule has 3 aromatic rings. The third-order valence-electron chi connectivity index (χ3n) is 3.77. The average Bonchev–Trinajstić information content (AvgIpc) is 2.61. The van der Waals surface area contributed by atoms with Crippen LogP contribution in [0.25, 0.3) is 22.3 Å². The summed E-state index contributed by atoms with van der Waals surface area (Å²) in [7, 11) is 0. The van der Waals surface area contributed by atoms with E-state index in [1.165, 1.54) is 36.7 Å². The zero-order valence-corrected chi connectivity index (χ0v) is 12.9. The van der Waals surface area contributed by atoms with E-state index >= 15 is 0 Å². The van der Waals surface area contributed by atoms with Crippen LogP contribution in [-0.2, 0) is 0 Å². The van der Waals surface area contributed by atoms with E-state index in [2.05, 4.69) is 0 Å². The van der Waals surface area contributed by atoms with Crippen LogP contribution in [-0.4, -0.2) is 22.2 Å². The number of carboxylic acids is 2.